The number of nitrogens with zero attached hydrogens (tertiary/aromatic N) is 2. The second kappa shape index (κ2) is 10.5. The van der Waals surface area contributed by atoms with E-state index in [1.807, 2.05) is 26.8 Å². The van der Waals surface area contributed by atoms with Crippen LogP contribution in [0, 0.1) is 6.92 Å². The predicted octanol–water partition coefficient (Wildman–Crippen LogP) is 3.22. The number of ether oxygens (including phenoxy) is 1. The lowest BCUT2D eigenvalue weighted by atomic mass is 10.2. The van der Waals surface area contributed by atoms with Gasteiger partial charge in [-0.15, -0.1) is 0 Å². The van der Waals surface area contributed by atoms with Gasteiger partial charge in [-0.1, -0.05) is 29.4 Å². The van der Waals surface area contributed by atoms with Gasteiger partial charge < -0.3 is 10.1 Å². The largest absolute Gasteiger partial charge is 0.382 e. The molecule has 0 fully saturated rings. The molecule has 1 amide bonds. The zero-order chi connectivity index (χ0) is 19.8. The van der Waals surface area contributed by atoms with Gasteiger partial charge in [0.2, 0.25) is 5.91 Å². The van der Waals surface area contributed by atoms with Crippen molar-refractivity contribution in [2.24, 2.45) is 0 Å². The maximum Gasteiger partial charge on any atom is 0.271 e. The molecule has 1 aromatic heterocycles. The number of hydrogen-bond donors (Lipinski definition) is 1. The van der Waals surface area contributed by atoms with E-state index in [0.29, 0.717) is 35.5 Å². The number of nitrogens with one attached hydrogen (secondary N) is 1. The molecule has 0 saturated carbocycles. The number of carbonyl (C=O) groups is 1. The van der Waals surface area contributed by atoms with Gasteiger partial charge in [-0.05, 0) is 51.0 Å². The molecule has 146 valence electrons. The smallest absolute Gasteiger partial charge is 0.271 e. The molecule has 6 nitrogen and oxygen atoms in total. The van der Waals surface area contributed by atoms with E-state index in [1.54, 1.807) is 18.2 Å². The summed E-state index contributed by atoms with van der Waals surface area (Å²) in [5.74, 6) is -0.0746. The predicted molar refractivity (Wildman–Crippen MR) is 109 cm³/mol. The van der Waals surface area contributed by atoms with Crippen LogP contribution < -0.4 is 10.9 Å². The molecule has 1 unspecified atom stereocenters. The number of amides is 1. The summed E-state index contributed by atoms with van der Waals surface area (Å²) >= 11 is 7.45. The van der Waals surface area contributed by atoms with E-state index in [2.05, 4.69) is 10.4 Å². The summed E-state index contributed by atoms with van der Waals surface area (Å²) in [4.78, 5) is 24.4. The lowest BCUT2D eigenvalue weighted by molar-refractivity contribution is -0.120. The molecule has 1 N–H and O–H groups in total. The molecule has 1 atom stereocenters. The summed E-state index contributed by atoms with van der Waals surface area (Å²) < 4.78 is 6.54. The van der Waals surface area contributed by atoms with Crippen LogP contribution in [-0.4, -0.2) is 40.7 Å². The summed E-state index contributed by atoms with van der Waals surface area (Å²) in [6.07, 6.45) is 0.772. The van der Waals surface area contributed by atoms with E-state index in [4.69, 9.17) is 16.3 Å². The average molecular weight is 410 g/mol. The molecule has 0 aliphatic heterocycles. The van der Waals surface area contributed by atoms with E-state index in [1.165, 1.54) is 22.5 Å². The minimum absolute atomic E-state index is 0.0746. The maximum absolute atomic E-state index is 12.2. The molecular formula is C19H24ClN3O3S. The van der Waals surface area contributed by atoms with Crippen molar-refractivity contribution in [3.8, 4) is 5.69 Å². The second-order valence-electron chi connectivity index (χ2n) is 5.96. The van der Waals surface area contributed by atoms with Crippen LogP contribution in [-0.2, 0) is 9.53 Å². The van der Waals surface area contributed by atoms with Crippen molar-refractivity contribution in [2.45, 2.75) is 37.5 Å². The number of hydrogen-bond acceptors (Lipinski definition) is 5. The van der Waals surface area contributed by atoms with Crippen molar-refractivity contribution in [1.29, 1.82) is 0 Å². The van der Waals surface area contributed by atoms with Crippen molar-refractivity contribution in [3.63, 3.8) is 0 Å². The Morgan fingerprint density at radius 1 is 1.37 bits per heavy atom. The third-order valence-corrected chi connectivity index (χ3v) is 5.25. The standard InChI is InChI=1S/C19H24ClN3O3S/c1-4-26-11-5-10-21-19(25)14(3)27-17-8-9-18(24)23(22-17)15-7-6-13(2)16(20)12-15/h6-9,12,14H,4-5,10-11H2,1-3H3,(H,21,25). The normalized spacial score (nSPS) is 12.0. The van der Waals surface area contributed by atoms with E-state index in [-0.39, 0.29) is 16.7 Å². The van der Waals surface area contributed by atoms with Gasteiger partial charge in [-0.25, -0.2) is 0 Å². The number of halogens is 1. The Morgan fingerprint density at radius 3 is 2.85 bits per heavy atom. The van der Waals surface area contributed by atoms with Crippen LogP contribution in [0.1, 0.15) is 25.8 Å². The van der Waals surface area contributed by atoms with Gasteiger partial charge in [-0.2, -0.15) is 9.78 Å². The fourth-order valence-electron chi connectivity index (χ4n) is 2.26. The molecular weight excluding hydrogens is 386 g/mol. The van der Waals surface area contributed by atoms with Gasteiger partial charge in [0.05, 0.1) is 10.9 Å². The number of carbonyl (C=O) groups excluding carboxylic acids is 1. The first kappa shape index (κ1) is 21.5. The van der Waals surface area contributed by atoms with Crippen LogP contribution in [0.25, 0.3) is 5.69 Å². The Balaban J connectivity index is 2.03. The molecule has 2 aromatic rings. The Hall–Kier alpha value is -1.83. The average Bonchev–Trinajstić information content (AvgIpc) is 2.65. The van der Waals surface area contributed by atoms with Crippen molar-refractivity contribution < 1.29 is 9.53 Å². The molecule has 1 aromatic carbocycles. The van der Waals surface area contributed by atoms with Gasteiger partial charge in [-0.3, -0.25) is 9.59 Å². The number of aromatic nitrogens is 2. The van der Waals surface area contributed by atoms with Crippen molar-refractivity contribution in [3.05, 3.63) is 51.3 Å². The maximum atomic E-state index is 12.2. The number of aryl methyl sites for hydroxylation is 1. The fraction of sp³-hybridized carbons (Fsp3) is 0.421. The Labute approximate surface area is 168 Å². The van der Waals surface area contributed by atoms with Crippen molar-refractivity contribution in [2.75, 3.05) is 19.8 Å². The van der Waals surface area contributed by atoms with E-state index in [0.717, 1.165) is 12.0 Å². The summed E-state index contributed by atoms with van der Waals surface area (Å²) in [5, 5.41) is 8.06. The summed E-state index contributed by atoms with van der Waals surface area (Å²) in [6, 6.07) is 8.39. The first-order valence-corrected chi connectivity index (χ1v) is 10.1. The fourth-order valence-corrected chi connectivity index (χ4v) is 3.27. The van der Waals surface area contributed by atoms with Gasteiger partial charge >= 0.3 is 0 Å². The second-order valence-corrected chi connectivity index (χ2v) is 7.72. The molecule has 2 rings (SSSR count). The Morgan fingerprint density at radius 2 is 2.15 bits per heavy atom. The first-order chi connectivity index (χ1) is 12.9. The van der Waals surface area contributed by atoms with Gasteiger partial charge in [0, 0.05) is 30.8 Å². The van der Waals surface area contributed by atoms with Crippen LogP contribution in [0.2, 0.25) is 5.02 Å². The van der Waals surface area contributed by atoms with Crippen LogP contribution in [0.5, 0.6) is 0 Å². The zero-order valence-corrected chi connectivity index (χ0v) is 17.3. The number of benzene rings is 1. The Kier molecular flexibility index (Phi) is 8.34. The molecule has 0 spiro atoms. The van der Waals surface area contributed by atoms with Crippen LogP contribution in [0.15, 0.2) is 40.2 Å². The quantitative estimate of drug-likeness (QED) is 0.508. The zero-order valence-electron chi connectivity index (χ0n) is 15.7. The van der Waals surface area contributed by atoms with Crippen molar-refractivity contribution in [1.82, 2.24) is 15.1 Å². The first-order valence-electron chi connectivity index (χ1n) is 8.81. The van der Waals surface area contributed by atoms with Crippen LogP contribution >= 0.6 is 23.4 Å². The van der Waals surface area contributed by atoms with Gasteiger partial charge in [0.25, 0.3) is 5.56 Å². The lowest BCUT2D eigenvalue weighted by Crippen LogP contribution is -2.32. The number of thioether (sulfide) groups is 1. The molecule has 0 aliphatic carbocycles. The Bertz CT molecular complexity index is 841. The van der Waals surface area contributed by atoms with Crippen LogP contribution in [0.3, 0.4) is 0 Å². The molecule has 8 heteroatoms. The number of rotatable bonds is 9. The van der Waals surface area contributed by atoms with E-state index >= 15 is 0 Å². The molecule has 0 aliphatic rings. The monoisotopic (exact) mass is 409 g/mol. The van der Waals surface area contributed by atoms with Crippen molar-refractivity contribution >= 4 is 29.3 Å². The summed E-state index contributed by atoms with van der Waals surface area (Å²) in [6.45, 7) is 7.51. The topological polar surface area (TPSA) is 73.2 Å². The van der Waals surface area contributed by atoms with Gasteiger partial charge in [0.1, 0.15) is 5.03 Å². The SMILES string of the molecule is CCOCCCNC(=O)C(C)Sc1ccc(=O)n(-c2ccc(C)c(Cl)c2)n1. The van der Waals surface area contributed by atoms with Crippen LogP contribution in [0.4, 0.5) is 0 Å². The molecule has 0 saturated heterocycles. The molecule has 1 heterocycles. The molecule has 0 radical (unpaired) electrons. The lowest BCUT2D eigenvalue weighted by Gasteiger charge is -2.13. The minimum atomic E-state index is -0.336. The highest BCUT2D eigenvalue weighted by Gasteiger charge is 2.15. The minimum Gasteiger partial charge on any atom is -0.382 e. The highest BCUT2D eigenvalue weighted by molar-refractivity contribution is 8.00. The van der Waals surface area contributed by atoms with E-state index < -0.39 is 0 Å². The molecule has 27 heavy (non-hydrogen) atoms. The third kappa shape index (κ3) is 6.37. The summed E-state index contributed by atoms with van der Waals surface area (Å²) in [7, 11) is 0. The van der Waals surface area contributed by atoms with Gasteiger partial charge in [0.15, 0.2) is 0 Å². The highest BCUT2D eigenvalue weighted by atomic mass is 35.5. The highest BCUT2D eigenvalue weighted by Crippen LogP contribution is 2.22. The summed E-state index contributed by atoms with van der Waals surface area (Å²) in [5.41, 5.74) is 1.26. The third-order valence-electron chi connectivity index (χ3n) is 3.81. The van der Waals surface area contributed by atoms with E-state index in [9.17, 15) is 9.59 Å². The molecule has 0 bridgehead atoms.